The summed E-state index contributed by atoms with van der Waals surface area (Å²) in [5.74, 6) is 0. The van der Waals surface area contributed by atoms with Crippen molar-refractivity contribution in [3.8, 4) is 0 Å². The lowest BCUT2D eigenvalue weighted by Gasteiger charge is -2.23. The fourth-order valence-corrected chi connectivity index (χ4v) is 3.70. The number of rotatable bonds is 4. The zero-order valence-corrected chi connectivity index (χ0v) is 14.9. The van der Waals surface area contributed by atoms with Crippen LogP contribution < -0.4 is 0 Å². The minimum Gasteiger partial charge on any atom is -0.257 e. The van der Waals surface area contributed by atoms with Gasteiger partial charge in [0.2, 0.25) is 0 Å². The van der Waals surface area contributed by atoms with Crippen molar-refractivity contribution in [1.82, 2.24) is 4.98 Å². The molecule has 0 saturated carbocycles. The van der Waals surface area contributed by atoms with Crippen LogP contribution in [0.3, 0.4) is 0 Å². The molecule has 1 heteroatoms. The van der Waals surface area contributed by atoms with Crippen LogP contribution in [0.4, 0.5) is 0 Å². The monoisotopic (exact) mass is 337 g/mol. The maximum Gasteiger partial charge on any atom is 0.0664 e. The molecule has 0 bridgehead atoms. The molecular weight excluding hydrogens is 314 g/mol. The van der Waals surface area contributed by atoms with Crippen LogP contribution in [0.2, 0.25) is 0 Å². The molecule has 0 N–H and O–H groups in total. The van der Waals surface area contributed by atoms with Gasteiger partial charge in [-0.1, -0.05) is 66.7 Å². The minimum absolute atomic E-state index is 1.10. The third kappa shape index (κ3) is 3.67. The first-order chi connectivity index (χ1) is 12.9. The first-order valence-corrected chi connectivity index (χ1v) is 9.38. The first-order valence-electron chi connectivity index (χ1n) is 9.38. The van der Waals surface area contributed by atoms with E-state index in [-0.39, 0.29) is 0 Å². The third-order valence-corrected chi connectivity index (χ3v) is 4.96. The summed E-state index contributed by atoms with van der Waals surface area (Å²) < 4.78 is 0. The van der Waals surface area contributed by atoms with Crippen molar-refractivity contribution in [2.45, 2.75) is 25.7 Å². The summed E-state index contributed by atoms with van der Waals surface area (Å²) in [7, 11) is 0. The minimum atomic E-state index is 1.10. The molecule has 2 aromatic carbocycles. The average molecular weight is 337 g/mol. The quantitative estimate of drug-likeness (QED) is 0.486. The summed E-state index contributed by atoms with van der Waals surface area (Å²) in [6, 6.07) is 27.6. The number of nitrogens with zero attached hydrogens (tertiary/aromatic N) is 1. The number of allylic oxidation sites excluding steroid dienone is 3. The van der Waals surface area contributed by atoms with Gasteiger partial charge >= 0.3 is 0 Å². The fourth-order valence-electron chi connectivity index (χ4n) is 3.70. The highest BCUT2D eigenvalue weighted by Gasteiger charge is 2.19. The van der Waals surface area contributed by atoms with E-state index in [1.807, 2.05) is 12.3 Å². The lowest BCUT2D eigenvalue weighted by atomic mass is 9.82. The Morgan fingerprint density at radius 2 is 1.42 bits per heavy atom. The first kappa shape index (κ1) is 16.5. The lowest BCUT2D eigenvalue weighted by molar-refractivity contribution is 0.725. The van der Waals surface area contributed by atoms with Crippen molar-refractivity contribution in [2.24, 2.45) is 0 Å². The second-order valence-corrected chi connectivity index (χ2v) is 6.71. The highest BCUT2D eigenvalue weighted by Crippen LogP contribution is 2.40. The molecule has 1 aliphatic rings. The van der Waals surface area contributed by atoms with Gasteiger partial charge in [0.15, 0.2) is 0 Å². The van der Waals surface area contributed by atoms with Crippen molar-refractivity contribution in [2.75, 3.05) is 0 Å². The van der Waals surface area contributed by atoms with Gasteiger partial charge in [0.1, 0.15) is 0 Å². The molecule has 4 rings (SSSR count). The van der Waals surface area contributed by atoms with Gasteiger partial charge in [-0.05, 0) is 71.7 Å². The molecule has 0 spiro atoms. The number of aromatic nitrogens is 1. The van der Waals surface area contributed by atoms with E-state index in [0.29, 0.717) is 0 Å². The second kappa shape index (κ2) is 7.97. The molecule has 3 aromatic rings. The Bertz CT molecular complexity index is 906. The molecule has 0 fully saturated rings. The Morgan fingerprint density at radius 1 is 0.731 bits per heavy atom. The molecule has 26 heavy (non-hydrogen) atoms. The van der Waals surface area contributed by atoms with Crippen LogP contribution in [-0.2, 0) is 0 Å². The number of benzene rings is 2. The molecule has 128 valence electrons. The summed E-state index contributed by atoms with van der Waals surface area (Å²) in [6.45, 7) is 0. The standard InChI is InChI=1S/C25H23N/c1-3-11-20(12-4-1)19-24(21-13-5-2-6-14-21)22-15-7-8-16-23(22)25-17-9-10-18-26-25/h1-6,9-14,17-19H,7-8,15-16H2/b24-19+. The van der Waals surface area contributed by atoms with Crippen molar-refractivity contribution in [3.05, 3.63) is 107 Å². The van der Waals surface area contributed by atoms with Crippen LogP contribution in [0.1, 0.15) is 42.5 Å². The summed E-state index contributed by atoms with van der Waals surface area (Å²) in [6.07, 6.45) is 8.93. The Labute approximate surface area is 155 Å². The zero-order valence-electron chi connectivity index (χ0n) is 14.9. The molecule has 0 radical (unpaired) electrons. The van der Waals surface area contributed by atoms with Crippen LogP contribution in [0, 0.1) is 0 Å². The normalized spacial score (nSPS) is 15.2. The van der Waals surface area contributed by atoms with E-state index < -0.39 is 0 Å². The predicted molar refractivity (Wildman–Crippen MR) is 110 cm³/mol. The lowest BCUT2D eigenvalue weighted by Crippen LogP contribution is -2.03. The third-order valence-electron chi connectivity index (χ3n) is 4.96. The predicted octanol–water partition coefficient (Wildman–Crippen LogP) is 6.65. The molecular formula is C25H23N. The maximum atomic E-state index is 4.65. The average Bonchev–Trinajstić information content (AvgIpc) is 2.74. The van der Waals surface area contributed by atoms with Crippen molar-refractivity contribution in [3.63, 3.8) is 0 Å². The summed E-state index contributed by atoms with van der Waals surface area (Å²) in [4.78, 5) is 4.65. The smallest absolute Gasteiger partial charge is 0.0664 e. The second-order valence-electron chi connectivity index (χ2n) is 6.71. The number of pyridine rings is 1. The number of hydrogen-bond donors (Lipinski definition) is 0. The van der Waals surface area contributed by atoms with E-state index >= 15 is 0 Å². The molecule has 0 amide bonds. The molecule has 1 aliphatic carbocycles. The molecule has 0 saturated heterocycles. The highest BCUT2D eigenvalue weighted by molar-refractivity contribution is 5.96. The largest absolute Gasteiger partial charge is 0.257 e. The summed E-state index contributed by atoms with van der Waals surface area (Å²) in [5, 5.41) is 0. The molecule has 1 aromatic heterocycles. The Kier molecular flexibility index (Phi) is 5.07. The topological polar surface area (TPSA) is 12.9 Å². The SMILES string of the molecule is C(=C(\C1=C(c2ccccn2)CCCC1)c1ccccc1)/c1ccccc1. The summed E-state index contributed by atoms with van der Waals surface area (Å²) in [5.41, 5.74) is 7.83. The van der Waals surface area contributed by atoms with E-state index in [1.54, 1.807) is 0 Å². The van der Waals surface area contributed by atoms with Crippen LogP contribution >= 0.6 is 0 Å². The van der Waals surface area contributed by atoms with Crippen LogP contribution in [0.25, 0.3) is 17.2 Å². The zero-order chi connectivity index (χ0) is 17.6. The molecule has 0 unspecified atom stereocenters. The van der Waals surface area contributed by atoms with Gasteiger partial charge in [0.05, 0.1) is 5.69 Å². The van der Waals surface area contributed by atoms with E-state index in [4.69, 9.17) is 0 Å². The molecule has 0 atom stereocenters. The Hall–Kier alpha value is -2.93. The van der Waals surface area contributed by atoms with Crippen LogP contribution in [0.15, 0.2) is 90.6 Å². The van der Waals surface area contributed by atoms with Gasteiger partial charge < -0.3 is 0 Å². The Balaban J connectivity index is 1.90. The van der Waals surface area contributed by atoms with Crippen LogP contribution in [0.5, 0.6) is 0 Å². The maximum absolute atomic E-state index is 4.65. The van der Waals surface area contributed by atoms with Gasteiger partial charge in [-0.2, -0.15) is 0 Å². The summed E-state index contributed by atoms with van der Waals surface area (Å²) >= 11 is 0. The van der Waals surface area contributed by atoms with Gasteiger partial charge in [-0.15, -0.1) is 0 Å². The van der Waals surface area contributed by atoms with Gasteiger partial charge in [-0.3, -0.25) is 4.98 Å². The van der Waals surface area contributed by atoms with E-state index in [2.05, 4.69) is 83.9 Å². The molecule has 0 aliphatic heterocycles. The van der Waals surface area contributed by atoms with Crippen molar-refractivity contribution in [1.29, 1.82) is 0 Å². The van der Waals surface area contributed by atoms with Gasteiger partial charge in [0.25, 0.3) is 0 Å². The van der Waals surface area contributed by atoms with Gasteiger partial charge in [-0.25, -0.2) is 0 Å². The number of hydrogen-bond acceptors (Lipinski definition) is 1. The van der Waals surface area contributed by atoms with E-state index in [1.165, 1.54) is 40.7 Å². The van der Waals surface area contributed by atoms with Crippen molar-refractivity contribution >= 4 is 17.2 Å². The Morgan fingerprint density at radius 3 is 2.15 bits per heavy atom. The van der Waals surface area contributed by atoms with Crippen LogP contribution in [-0.4, -0.2) is 4.98 Å². The van der Waals surface area contributed by atoms with Crippen molar-refractivity contribution < 1.29 is 0 Å². The fraction of sp³-hybridized carbons (Fsp3) is 0.160. The van der Waals surface area contributed by atoms with Gasteiger partial charge in [0, 0.05) is 6.20 Å². The molecule has 1 heterocycles. The highest BCUT2D eigenvalue weighted by atomic mass is 14.7. The van der Waals surface area contributed by atoms with E-state index in [0.717, 1.165) is 18.5 Å². The van der Waals surface area contributed by atoms with E-state index in [9.17, 15) is 0 Å². The molecule has 1 nitrogen and oxygen atoms in total.